The number of hydrogen-bond acceptors (Lipinski definition) is 3. The molecule has 0 spiro atoms. The summed E-state index contributed by atoms with van der Waals surface area (Å²) in [5.74, 6) is 0.147. The highest BCUT2D eigenvalue weighted by Crippen LogP contribution is 2.39. The number of nitrogens with one attached hydrogen (secondary N) is 1. The predicted octanol–water partition coefficient (Wildman–Crippen LogP) is 1.89. The van der Waals surface area contributed by atoms with E-state index >= 15 is 0 Å². The molecule has 0 aliphatic heterocycles. The van der Waals surface area contributed by atoms with Crippen LogP contribution in [0.5, 0.6) is 0 Å². The molecule has 1 unspecified atom stereocenters. The van der Waals surface area contributed by atoms with Crippen molar-refractivity contribution < 1.29 is 10.0 Å². The molecule has 2 N–H and O–H groups in total. The van der Waals surface area contributed by atoms with Crippen LogP contribution < -0.4 is 5.48 Å². The summed E-state index contributed by atoms with van der Waals surface area (Å²) in [4.78, 5) is 11.8. The van der Waals surface area contributed by atoms with Gasteiger partial charge in [0.2, 0.25) is 0 Å². The van der Waals surface area contributed by atoms with Gasteiger partial charge in [-0.3, -0.25) is 4.79 Å². The van der Waals surface area contributed by atoms with Crippen LogP contribution in [-0.2, 0) is 4.79 Å². The van der Waals surface area contributed by atoms with Crippen molar-refractivity contribution in [1.82, 2.24) is 5.48 Å². The van der Waals surface area contributed by atoms with Crippen molar-refractivity contribution in [3.05, 3.63) is 0 Å². The standard InChI is InChI=1S/C10H19NO2/c1-9(2,3)10(11-13)7-5-4-6-8(10)12/h11,13H,4-7H2,1-3H3. The number of hydrogen-bond donors (Lipinski definition) is 2. The third-order valence-electron chi connectivity index (χ3n) is 3.15. The van der Waals surface area contributed by atoms with Crippen LogP contribution >= 0.6 is 0 Å². The van der Waals surface area contributed by atoms with Gasteiger partial charge >= 0.3 is 0 Å². The molecular formula is C10H19NO2. The maximum absolute atomic E-state index is 11.8. The van der Waals surface area contributed by atoms with E-state index < -0.39 is 5.54 Å². The summed E-state index contributed by atoms with van der Waals surface area (Å²) in [6.45, 7) is 5.96. The highest BCUT2D eigenvalue weighted by molar-refractivity contribution is 5.89. The molecule has 0 aromatic carbocycles. The lowest BCUT2D eigenvalue weighted by atomic mass is 9.65. The van der Waals surface area contributed by atoms with Gasteiger partial charge in [0.05, 0.1) is 0 Å². The van der Waals surface area contributed by atoms with Crippen molar-refractivity contribution in [2.45, 2.75) is 52.0 Å². The van der Waals surface area contributed by atoms with Gasteiger partial charge in [-0.15, -0.1) is 0 Å². The van der Waals surface area contributed by atoms with E-state index in [4.69, 9.17) is 0 Å². The number of carbonyl (C=O) groups excluding carboxylic acids is 1. The molecule has 1 aliphatic rings. The van der Waals surface area contributed by atoms with Gasteiger partial charge in [0.1, 0.15) is 5.54 Å². The lowest BCUT2D eigenvalue weighted by Crippen LogP contribution is -2.60. The second-order valence-electron chi connectivity index (χ2n) is 4.90. The summed E-state index contributed by atoms with van der Waals surface area (Å²) in [6.07, 6.45) is 3.30. The molecule has 76 valence electrons. The molecule has 1 aliphatic carbocycles. The van der Waals surface area contributed by atoms with Gasteiger partial charge in [-0.25, -0.2) is 0 Å². The molecule has 1 rings (SSSR count). The molecule has 0 aromatic heterocycles. The largest absolute Gasteiger partial charge is 0.316 e. The highest BCUT2D eigenvalue weighted by atomic mass is 16.5. The molecule has 0 saturated heterocycles. The van der Waals surface area contributed by atoms with Crippen molar-refractivity contribution in [1.29, 1.82) is 0 Å². The van der Waals surface area contributed by atoms with E-state index in [0.29, 0.717) is 6.42 Å². The maximum atomic E-state index is 11.8. The molecule has 0 bridgehead atoms. The van der Waals surface area contributed by atoms with Crippen LogP contribution in [0.2, 0.25) is 0 Å². The molecule has 3 nitrogen and oxygen atoms in total. The van der Waals surface area contributed by atoms with E-state index in [1.807, 2.05) is 20.8 Å². The van der Waals surface area contributed by atoms with Gasteiger partial charge in [-0.1, -0.05) is 27.2 Å². The first-order valence-electron chi connectivity index (χ1n) is 4.88. The van der Waals surface area contributed by atoms with Crippen molar-refractivity contribution in [2.24, 2.45) is 5.41 Å². The van der Waals surface area contributed by atoms with E-state index in [1.165, 1.54) is 0 Å². The van der Waals surface area contributed by atoms with Crippen molar-refractivity contribution >= 4 is 5.78 Å². The number of hydroxylamine groups is 1. The minimum Gasteiger partial charge on any atom is -0.316 e. The van der Waals surface area contributed by atoms with Gasteiger partial charge in [0, 0.05) is 6.42 Å². The first-order valence-corrected chi connectivity index (χ1v) is 4.88. The molecule has 1 saturated carbocycles. The molecule has 0 amide bonds. The first kappa shape index (κ1) is 10.7. The third kappa shape index (κ3) is 1.63. The molecule has 0 aromatic rings. The Labute approximate surface area is 79.5 Å². The van der Waals surface area contributed by atoms with Gasteiger partial charge < -0.3 is 5.21 Å². The molecular weight excluding hydrogens is 166 g/mol. The average Bonchev–Trinajstić information content (AvgIpc) is 2.03. The van der Waals surface area contributed by atoms with Crippen LogP contribution in [0.1, 0.15) is 46.5 Å². The van der Waals surface area contributed by atoms with Crippen LogP contribution in [-0.4, -0.2) is 16.5 Å². The Morgan fingerprint density at radius 3 is 2.31 bits per heavy atom. The monoisotopic (exact) mass is 185 g/mol. The normalized spacial score (nSPS) is 30.6. The van der Waals surface area contributed by atoms with Gasteiger partial charge in [0.25, 0.3) is 0 Å². The summed E-state index contributed by atoms with van der Waals surface area (Å²) < 4.78 is 0. The van der Waals surface area contributed by atoms with Gasteiger partial charge in [0.15, 0.2) is 5.78 Å². The number of rotatable bonds is 1. The zero-order chi connectivity index (χ0) is 10.1. The Morgan fingerprint density at radius 2 is 2.00 bits per heavy atom. The first-order chi connectivity index (χ1) is 5.94. The fourth-order valence-electron chi connectivity index (χ4n) is 2.11. The lowest BCUT2D eigenvalue weighted by Gasteiger charge is -2.44. The summed E-state index contributed by atoms with van der Waals surface area (Å²) in [5, 5.41) is 9.18. The summed E-state index contributed by atoms with van der Waals surface area (Å²) in [5.41, 5.74) is 1.32. The molecule has 13 heavy (non-hydrogen) atoms. The smallest absolute Gasteiger partial charge is 0.155 e. The highest BCUT2D eigenvalue weighted by Gasteiger charge is 2.48. The maximum Gasteiger partial charge on any atom is 0.155 e. The fourth-order valence-corrected chi connectivity index (χ4v) is 2.11. The minimum absolute atomic E-state index is 0.147. The van der Waals surface area contributed by atoms with E-state index in [9.17, 15) is 10.0 Å². The fraction of sp³-hybridized carbons (Fsp3) is 0.900. The van der Waals surface area contributed by atoms with E-state index in [-0.39, 0.29) is 11.2 Å². The molecule has 3 heteroatoms. The third-order valence-corrected chi connectivity index (χ3v) is 3.15. The Morgan fingerprint density at radius 1 is 1.38 bits per heavy atom. The average molecular weight is 185 g/mol. The quantitative estimate of drug-likeness (QED) is 0.613. The Balaban J connectivity index is 2.96. The van der Waals surface area contributed by atoms with E-state index in [1.54, 1.807) is 0 Å². The second-order valence-corrected chi connectivity index (χ2v) is 4.90. The molecule has 1 fully saturated rings. The second kappa shape index (κ2) is 3.39. The number of ketones is 1. The molecule has 1 atom stereocenters. The summed E-state index contributed by atoms with van der Waals surface area (Å²) in [7, 11) is 0. The molecule has 0 radical (unpaired) electrons. The molecule has 0 heterocycles. The van der Waals surface area contributed by atoms with E-state index in [0.717, 1.165) is 19.3 Å². The predicted molar refractivity (Wildman–Crippen MR) is 50.6 cm³/mol. The van der Waals surface area contributed by atoms with Gasteiger partial charge in [-0.2, -0.15) is 5.48 Å². The van der Waals surface area contributed by atoms with Crippen LogP contribution in [0.15, 0.2) is 0 Å². The number of carbonyl (C=O) groups is 1. The minimum atomic E-state index is -0.717. The topological polar surface area (TPSA) is 49.3 Å². The van der Waals surface area contributed by atoms with Gasteiger partial charge in [-0.05, 0) is 18.3 Å². The van der Waals surface area contributed by atoms with Crippen LogP contribution in [0.3, 0.4) is 0 Å². The Kier molecular flexibility index (Phi) is 2.78. The van der Waals surface area contributed by atoms with Crippen molar-refractivity contribution in [3.8, 4) is 0 Å². The lowest BCUT2D eigenvalue weighted by molar-refractivity contribution is -0.140. The van der Waals surface area contributed by atoms with Crippen LogP contribution in [0.4, 0.5) is 0 Å². The Hall–Kier alpha value is -0.410. The SMILES string of the molecule is CC(C)(C)C1(NO)CCCCC1=O. The zero-order valence-electron chi connectivity index (χ0n) is 8.68. The van der Waals surface area contributed by atoms with Crippen LogP contribution in [0, 0.1) is 5.41 Å². The Bertz CT molecular complexity index is 207. The number of Topliss-reactive ketones (excluding diaryl/α,β-unsaturated/α-hetero) is 1. The summed E-state index contributed by atoms with van der Waals surface area (Å²) >= 11 is 0. The van der Waals surface area contributed by atoms with Crippen molar-refractivity contribution in [2.75, 3.05) is 0 Å². The summed E-state index contributed by atoms with van der Waals surface area (Å²) in [6, 6.07) is 0. The zero-order valence-corrected chi connectivity index (χ0v) is 8.68. The van der Waals surface area contributed by atoms with Crippen LogP contribution in [0.25, 0.3) is 0 Å². The van der Waals surface area contributed by atoms with Crippen molar-refractivity contribution in [3.63, 3.8) is 0 Å². The van der Waals surface area contributed by atoms with E-state index in [2.05, 4.69) is 5.48 Å².